The van der Waals surface area contributed by atoms with Crippen LogP contribution in [0.2, 0.25) is 5.02 Å². The highest BCUT2D eigenvalue weighted by Gasteiger charge is 2.24. The van der Waals surface area contributed by atoms with Crippen molar-refractivity contribution in [2.45, 2.75) is 0 Å². The molecule has 0 atom stereocenters. The Balaban J connectivity index is 1.45. The summed E-state index contributed by atoms with van der Waals surface area (Å²) >= 11 is 6.14. The van der Waals surface area contributed by atoms with Crippen LogP contribution < -0.4 is 4.90 Å². The smallest absolute Gasteiger partial charge is 0.255 e. The van der Waals surface area contributed by atoms with Crippen molar-refractivity contribution in [2.75, 3.05) is 31.1 Å². The Kier molecular flexibility index (Phi) is 4.49. The number of benzene rings is 1. The molecule has 0 saturated carbocycles. The molecule has 0 N–H and O–H groups in total. The van der Waals surface area contributed by atoms with Crippen LogP contribution in [0, 0.1) is 0 Å². The number of anilines is 1. The van der Waals surface area contributed by atoms with Crippen molar-refractivity contribution < 1.29 is 4.79 Å². The van der Waals surface area contributed by atoms with E-state index in [0.29, 0.717) is 42.6 Å². The Morgan fingerprint density at radius 2 is 1.77 bits per heavy atom. The minimum absolute atomic E-state index is 0.0405. The normalized spacial score (nSPS) is 14.5. The van der Waals surface area contributed by atoms with Crippen LogP contribution in [0.25, 0.3) is 5.82 Å². The van der Waals surface area contributed by atoms with E-state index in [1.807, 2.05) is 23.1 Å². The van der Waals surface area contributed by atoms with Crippen LogP contribution in [0.5, 0.6) is 0 Å². The maximum atomic E-state index is 12.7. The fraction of sp³-hybridized carbons (Fsp3) is 0.235. The van der Waals surface area contributed by atoms with Gasteiger partial charge in [-0.1, -0.05) is 23.7 Å². The van der Waals surface area contributed by atoms with Crippen LogP contribution in [0.1, 0.15) is 10.4 Å². The second-order valence-electron chi connectivity index (χ2n) is 5.83. The molecule has 0 spiro atoms. The fourth-order valence-corrected chi connectivity index (χ4v) is 3.12. The molecule has 2 aromatic heterocycles. The molecule has 0 aliphatic carbocycles. The number of carbonyl (C=O) groups excluding carboxylic acids is 1. The number of hydrogen-bond donors (Lipinski definition) is 0. The Morgan fingerprint density at radius 3 is 2.50 bits per heavy atom. The van der Waals surface area contributed by atoms with Crippen LogP contribution in [-0.2, 0) is 0 Å². The number of aromatic nitrogens is 5. The van der Waals surface area contributed by atoms with E-state index >= 15 is 0 Å². The van der Waals surface area contributed by atoms with E-state index in [-0.39, 0.29) is 5.91 Å². The molecule has 1 amide bonds. The van der Waals surface area contributed by atoms with Gasteiger partial charge in [-0.2, -0.15) is 5.10 Å². The summed E-state index contributed by atoms with van der Waals surface area (Å²) in [5.74, 6) is 1.42. The zero-order chi connectivity index (χ0) is 17.9. The number of hydrogen-bond acceptors (Lipinski definition) is 6. The highest BCUT2D eigenvalue weighted by molar-refractivity contribution is 6.33. The van der Waals surface area contributed by atoms with Gasteiger partial charge in [0.15, 0.2) is 5.82 Å². The summed E-state index contributed by atoms with van der Waals surface area (Å²) in [4.78, 5) is 29.1. The van der Waals surface area contributed by atoms with Gasteiger partial charge in [0.1, 0.15) is 24.8 Å². The molecule has 1 aliphatic rings. The molecule has 3 aromatic rings. The van der Waals surface area contributed by atoms with Crippen molar-refractivity contribution in [1.82, 2.24) is 29.6 Å². The molecule has 0 bridgehead atoms. The summed E-state index contributed by atoms with van der Waals surface area (Å²) in [7, 11) is 0. The average Bonchev–Trinajstić information content (AvgIpc) is 3.23. The summed E-state index contributed by atoms with van der Waals surface area (Å²) < 4.78 is 1.59. The maximum Gasteiger partial charge on any atom is 0.255 e. The molecular formula is C17H16ClN7O. The first-order valence-corrected chi connectivity index (χ1v) is 8.56. The topological polar surface area (TPSA) is 80.0 Å². The SMILES string of the molecule is O=C(c1ccccc1Cl)N1CCN(c2cc(-n3cncn3)ncn2)CC1. The summed E-state index contributed by atoms with van der Waals surface area (Å²) in [6, 6.07) is 8.99. The quantitative estimate of drug-likeness (QED) is 0.698. The first-order chi connectivity index (χ1) is 12.7. The van der Waals surface area contributed by atoms with Gasteiger partial charge in [0.25, 0.3) is 5.91 Å². The van der Waals surface area contributed by atoms with Gasteiger partial charge in [-0.15, -0.1) is 0 Å². The number of carbonyl (C=O) groups is 1. The van der Waals surface area contributed by atoms with Gasteiger partial charge in [0.05, 0.1) is 10.6 Å². The number of piperazine rings is 1. The van der Waals surface area contributed by atoms with Gasteiger partial charge in [-0.3, -0.25) is 4.79 Å². The highest BCUT2D eigenvalue weighted by atomic mass is 35.5. The molecule has 0 radical (unpaired) electrons. The summed E-state index contributed by atoms with van der Waals surface area (Å²) in [6.07, 6.45) is 4.56. The summed E-state index contributed by atoms with van der Waals surface area (Å²) in [6.45, 7) is 2.58. The number of amides is 1. The lowest BCUT2D eigenvalue weighted by Gasteiger charge is -2.35. The van der Waals surface area contributed by atoms with Crippen LogP contribution in [-0.4, -0.2) is 61.7 Å². The second-order valence-corrected chi connectivity index (χ2v) is 6.24. The second kappa shape index (κ2) is 7.09. The first-order valence-electron chi connectivity index (χ1n) is 8.18. The van der Waals surface area contributed by atoms with Crippen molar-refractivity contribution >= 4 is 23.3 Å². The molecule has 1 aliphatic heterocycles. The monoisotopic (exact) mass is 369 g/mol. The molecule has 1 aromatic carbocycles. The Labute approximate surface area is 155 Å². The lowest BCUT2D eigenvalue weighted by molar-refractivity contribution is 0.0746. The molecule has 1 saturated heterocycles. The third-order valence-electron chi connectivity index (χ3n) is 4.29. The highest BCUT2D eigenvalue weighted by Crippen LogP contribution is 2.20. The van der Waals surface area contributed by atoms with Gasteiger partial charge in [0, 0.05) is 32.2 Å². The molecular weight excluding hydrogens is 354 g/mol. The zero-order valence-corrected chi connectivity index (χ0v) is 14.6. The summed E-state index contributed by atoms with van der Waals surface area (Å²) in [5, 5.41) is 4.56. The van der Waals surface area contributed by atoms with E-state index < -0.39 is 0 Å². The first kappa shape index (κ1) is 16.5. The van der Waals surface area contributed by atoms with E-state index in [1.165, 1.54) is 12.7 Å². The Morgan fingerprint density at radius 1 is 1.00 bits per heavy atom. The number of rotatable bonds is 3. The molecule has 8 nitrogen and oxygen atoms in total. The van der Waals surface area contributed by atoms with Crippen LogP contribution in [0.15, 0.2) is 49.3 Å². The van der Waals surface area contributed by atoms with Crippen LogP contribution >= 0.6 is 11.6 Å². The van der Waals surface area contributed by atoms with Gasteiger partial charge >= 0.3 is 0 Å². The standard InChI is InChI=1S/C17H16ClN7O/c18-14-4-2-1-3-13(14)17(26)24-7-5-23(6-8-24)15-9-16(21-11-20-15)25-12-19-10-22-25/h1-4,9-12H,5-8H2. The molecule has 1 fully saturated rings. The van der Waals surface area contributed by atoms with Gasteiger partial charge < -0.3 is 9.80 Å². The fourth-order valence-electron chi connectivity index (χ4n) is 2.91. The number of halogens is 1. The van der Waals surface area contributed by atoms with Crippen molar-refractivity contribution in [3.63, 3.8) is 0 Å². The van der Waals surface area contributed by atoms with E-state index in [2.05, 4.69) is 25.0 Å². The van der Waals surface area contributed by atoms with Crippen LogP contribution in [0.3, 0.4) is 0 Å². The van der Waals surface area contributed by atoms with Crippen molar-refractivity contribution in [3.8, 4) is 5.82 Å². The Hall–Kier alpha value is -3.00. The summed E-state index contributed by atoms with van der Waals surface area (Å²) in [5.41, 5.74) is 0.540. The Bertz CT molecular complexity index is 907. The largest absolute Gasteiger partial charge is 0.353 e. The van der Waals surface area contributed by atoms with E-state index in [4.69, 9.17) is 11.6 Å². The predicted octanol–water partition coefficient (Wildman–Crippen LogP) is 1.67. The lowest BCUT2D eigenvalue weighted by atomic mass is 10.2. The third kappa shape index (κ3) is 3.23. The van der Waals surface area contributed by atoms with Crippen molar-refractivity contribution in [2.24, 2.45) is 0 Å². The predicted molar refractivity (Wildman–Crippen MR) is 96.5 cm³/mol. The molecule has 9 heteroatoms. The van der Waals surface area contributed by atoms with Gasteiger partial charge in [-0.05, 0) is 12.1 Å². The molecule has 0 unspecified atom stereocenters. The minimum atomic E-state index is -0.0405. The zero-order valence-electron chi connectivity index (χ0n) is 13.9. The van der Waals surface area contributed by atoms with Crippen molar-refractivity contribution in [1.29, 1.82) is 0 Å². The molecule has 26 heavy (non-hydrogen) atoms. The number of nitrogens with zero attached hydrogens (tertiary/aromatic N) is 7. The van der Waals surface area contributed by atoms with Crippen molar-refractivity contribution in [3.05, 3.63) is 59.9 Å². The molecule has 3 heterocycles. The molecule has 132 valence electrons. The maximum absolute atomic E-state index is 12.7. The van der Waals surface area contributed by atoms with Crippen LogP contribution in [0.4, 0.5) is 5.82 Å². The van der Waals surface area contributed by atoms with E-state index in [1.54, 1.807) is 23.1 Å². The van der Waals surface area contributed by atoms with Gasteiger partial charge in [0.2, 0.25) is 0 Å². The van der Waals surface area contributed by atoms with Gasteiger partial charge in [-0.25, -0.2) is 19.6 Å². The van der Waals surface area contributed by atoms with E-state index in [0.717, 1.165) is 5.82 Å². The minimum Gasteiger partial charge on any atom is -0.353 e. The molecule has 4 rings (SSSR count). The average molecular weight is 370 g/mol. The third-order valence-corrected chi connectivity index (χ3v) is 4.62. The van der Waals surface area contributed by atoms with E-state index in [9.17, 15) is 4.79 Å². The lowest BCUT2D eigenvalue weighted by Crippen LogP contribution is -2.49.